The molecule has 3 N–H and O–H groups in total. The molecule has 16 heavy (non-hydrogen) atoms. The van der Waals surface area contributed by atoms with Crippen LogP contribution in [0.4, 0.5) is 5.69 Å². The van der Waals surface area contributed by atoms with Crippen LogP contribution in [0.1, 0.15) is 16.0 Å². The smallest absolute Gasteiger partial charge is 0.0468 e. The van der Waals surface area contributed by atoms with E-state index in [1.54, 1.807) is 11.3 Å². The van der Waals surface area contributed by atoms with Gasteiger partial charge in [-0.05, 0) is 35.6 Å². The van der Waals surface area contributed by atoms with Crippen LogP contribution < -0.4 is 11.1 Å². The minimum atomic E-state index is 0.817. The summed E-state index contributed by atoms with van der Waals surface area (Å²) in [5.74, 6) is 0. The highest BCUT2D eigenvalue weighted by molar-refractivity contribution is 7.10. The monoisotopic (exact) mass is 233 g/mol. The quantitative estimate of drug-likeness (QED) is 0.852. The Kier molecular flexibility index (Phi) is 3.54. The lowest BCUT2D eigenvalue weighted by molar-refractivity contribution is 0.697. The van der Waals surface area contributed by atoms with Crippen LogP contribution >= 0.6 is 11.3 Å². The molecule has 0 radical (unpaired) electrons. The van der Waals surface area contributed by atoms with Crippen molar-refractivity contribution in [3.05, 3.63) is 45.9 Å². The number of anilines is 1. The van der Waals surface area contributed by atoms with Gasteiger partial charge in [0.15, 0.2) is 0 Å². The molecule has 4 heteroatoms. The fourth-order valence-corrected chi connectivity index (χ4v) is 2.26. The first kappa shape index (κ1) is 11.1. The van der Waals surface area contributed by atoms with Crippen molar-refractivity contribution in [3.63, 3.8) is 0 Å². The van der Waals surface area contributed by atoms with Crippen LogP contribution in [-0.2, 0) is 13.1 Å². The number of nitrogen functional groups attached to an aromatic ring is 1. The third-order valence-corrected chi connectivity index (χ3v) is 3.47. The van der Waals surface area contributed by atoms with Crippen LogP contribution in [-0.4, -0.2) is 4.98 Å². The van der Waals surface area contributed by atoms with Crippen LogP contribution in [0.2, 0.25) is 0 Å². The van der Waals surface area contributed by atoms with Gasteiger partial charge in [-0.2, -0.15) is 0 Å². The lowest BCUT2D eigenvalue weighted by Crippen LogP contribution is -2.13. The second-order valence-electron chi connectivity index (χ2n) is 3.70. The second kappa shape index (κ2) is 5.09. The maximum Gasteiger partial charge on any atom is 0.0468 e. The largest absolute Gasteiger partial charge is 0.398 e. The zero-order valence-corrected chi connectivity index (χ0v) is 10.1. The molecule has 0 saturated carbocycles. The van der Waals surface area contributed by atoms with E-state index >= 15 is 0 Å². The van der Waals surface area contributed by atoms with E-state index in [-0.39, 0.29) is 0 Å². The summed E-state index contributed by atoms with van der Waals surface area (Å²) >= 11 is 1.69. The van der Waals surface area contributed by atoms with Gasteiger partial charge in [0, 0.05) is 36.0 Å². The Morgan fingerprint density at radius 1 is 1.38 bits per heavy atom. The molecule has 0 aliphatic heterocycles. The first-order valence-electron chi connectivity index (χ1n) is 5.19. The summed E-state index contributed by atoms with van der Waals surface area (Å²) in [6.45, 7) is 3.74. The van der Waals surface area contributed by atoms with Crippen LogP contribution in [0.3, 0.4) is 0 Å². The molecule has 0 saturated heterocycles. The van der Waals surface area contributed by atoms with Crippen molar-refractivity contribution < 1.29 is 0 Å². The standard InChI is InChI=1S/C12H15N3S/c1-9-2-4-14-6-10(9)7-15-8-12-11(13)3-5-16-12/h2-6,15H,7-8,13H2,1H3. The Balaban J connectivity index is 1.89. The highest BCUT2D eigenvalue weighted by Crippen LogP contribution is 2.18. The molecular formula is C12H15N3S. The highest BCUT2D eigenvalue weighted by atomic mass is 32.1. The number of pyridine rings is 1. The molecule has 2 aromatic rings. The SMILES string of the molecule is Cc1ccncc1CNCc1sccc1N. The van der Waals surface area contributed by atoms with Crippen molar-refractivity contribution in [2.45, 2.75) is 20.0 Å². The van der Waals surface area contributed by atoms with Gasteiger partial charge in [-0.25, -0.2) is 0 Å². The molecule has 0 aromatic carbocycles. The van der Waals surface area contributed by atoms with Gasteiger partial charge < -0.3 is 11.1 Å². The first-order valence-corrected chi connectivity index (χ1v) is 6.07. The van der Waals surface area contributed by atoms with Gasteiger partial charge in [-0.15, -0.1) is 11.3 Å². The zero-order valence-electron chi connectivity index (χ0n) is 9.23. The number of hydrogen-bond donors (Lipinski definition) is 2. The van der Waals surface area contributed by atoms with E-state index in [0.29, 0.717) is 0 Å². The van der Waals surface area contributed by atoms with Gasteiger partial charge in [-0.1, -0.05) is 0 Å². The Morgan fingerprint density at radius 3 is 2.94 bits per heavy atom. The van der Waals surface area contributed by atoms with E-state index in [9.17, 15) is 0 Å². The Hall–Kier alpha value is -1.39. The number of hydrogen-bond acceptors (Lipinski definition) is 4. The number of aromatic nitrogens is 1. The highest BCUT2D eigenvalue weighted by Gasteiger charge is 2.01. The average Bonchev–Trinajstić information content (AvgIpc) is 2.67. The molecule has 0 amide bonds. The molecular weight excluding hydrogens is 218 g/mol. The summed E-state index contributed by atoms with van der Waals surface area (Å²) in [5, 5.41) is 5.39. The molecule has 0 spiro atoms. The maximum atomic E-state index is 5.81. The predicted molar refractivity (Wildman–Crippen MR) is 68.2 cm³/mol. The Bertz CT molecular complexity index is 465. The number of aryl methyl sites for hydroxylation is 1. The third-order valence-electron chi connectivity index (χ3n) is 2.53. The number of thiophene rings is 1. The van der Waals surface area contributed by atoms with Crippen molar-refractivity contribution >= 4 is 17.0 Å². The predicted octanol–water partition coefficient (Wildman–Crippen LogP) is 2.32. The second-order valence-corrected chi connectivity index (χ2v) is 4.71. The molecule has 3 nitrogen and oxygen atoms in total. The number of nitrogens with one attached hydrogen (secondary N) is 1. The van der Waals surface area contributed by atoms with E-state index in [1.807, 2.05) is 29.9 Å². The summed E-state index contributed by atoms with van der Waals surface area (Å²) in [5.41, 5.74) is 9.18. The van der Waals surface area contributed by atoms with Crippen LogP contribution in [0.5, 0.6) is 0 Å². The van der Waals surface area contributed by atoms with Gasteiger partial charge in [-0.3, -0.25) is 4.98 Å². The molecule has 84 valence electrons. The Morgan fingerprint density at radius 2 is 2.25 bits per heavy atom. The summed E-state index contributed by atoms with van der Waals surface area (Å²) < 4.78 is 0. The third kappa shape index (κ3) is 2.59. The van der Waals surface area contributed by atoms with Gasteiger partial charge in [0.1, 0.15) is 0 Å². The number of rotatable bonds is 4. The van der Waals surface area contributed by atoms with E-state index < -0.39 is 0 Å². The zero-order chi connectivity index (χ0) is 11.4. The molecule has 0 fully saturated rings. The summed E-state index contributed by atoms with van der Waals surface area (Å²) in [6.07, 6.45) is 3.72. The number of nitrogens with two attached hydrogens (primary N) is 1. The van der Waals surface area contributed by atoms with Crippen LogP contribution in [0, 0.1) is 6.92 Å². The minimum absolute atomic E-state index is 0.817. The maximum absolute atomic E-state index is 5.81. The van der Waals surface area contributed by atoms with Gasteiger partial charge in [0.25, 0.3) is 0 Å². The lowest BCUT2D eigenvalue weighted by atomic mass is 10.1. The molecule has 0 unspecified atom stereocenters. The fourth-order valence-electron chi connectivity index (χ4n) is 1.49. The summed E-state index contributed by atoms with van der Waals surface area (Å²) in [6, 6.07) is 3.97. The van der Waals surface area contributed by atoms with Crippen molar-refractivity contribution in [1.82, 2.24) is 10.3 Å². The van der Waals surface area contributed by atoms with Gasteiger partial charge >= 0.3 is 0 Å². The van der Waals surface area contributed by atoms with E-state index in [2.05, 4.69) is 17.2 Å². The fraction of sp³-hybridized carbons (Fsp3) is 0.250. The van der Waals surface area contributed by atoms with E-state index in [1.165, 1.54) is 16.0 Å². The van der Waals surface area contributed by atoms with Crippen LogP contribution in [0.15, 0.2) is 29.9 Å². The summed E-state index contributed by atoms with van der Waals surface area (Å²) in [7, 11) is 0. The summed E-state index contributed by atoms with van der Waals surface area (Å²) in [4.78, 5) is 5.31. The van der Waals surface area contributed by atoms with Crippen molar-refractivity contribution in [1.29, 1.82) is 0 Å². The van der Waals surface area contributed by atoms with E-state index in [0.717, 1.165) is 18.8 Å². The van der Waals surface area contributed by atoms with E-state index in [4.69, 9.17) is 5.73 Å². The van der Waals surface area contributed by atoms with Gasteiger partial charge in [0.2, 0.25) is 0 Å². The molecule has 2 heterocycles. The molecule has 0 aliphatic rings. The molecule has 0 aliphatic carbocycles. The average molecular weight is 233 g/mol. The van der Waals surface area contributed by atoms with Gasteiger partial charge in [0.05, 0.1) is 0 Å². The lowest BCUT2D eigenvalue weighted by Gasteiger charge is -2.06. The topological polar surface area (TPSA) is 50.9 Å². The first-order chi connectivity index (χ1) is 7.77. The number of nitrogens with zero attached hydrogens (tertiary/aromatic N) is 1. The molecule has 0 bridgehead atoms. The van der Waals surface area contributed by atoms with Crippen molar-refractivity contribution in [3.8, 4) is 0 Å². The normalized spacial score (nSPS) is 10.6. The molecule has 2 rings (SSSR count). The van der Waals surface area contributed by atoms with Crippen molar-refractivity contribution in [2.75, 3.05) is 5.73 Å². The van der Waals surface area contributed by atoms with Crippen molar-refractivity contribution in [2.24, 2.45) is 0 Å². The molecule has 0 atom stereocenters. The Labute approximate surface area is 99.3 Å². The molecule has 2 aromatic heterocycles. The van der Waals surface area contributed by atoms with Crippen LogP contribution in [0.25, 0.3) is 0 Å². The minimum Gasteiger partial charge on any atom is -0.398 e.